The zero-order valence-electron chi connectivity index (χ0n) is 13.7. The van der Waals surface area contributed by atoms with Crippen LogP contribution in [-0.2, 0) is 16.1 Å². The molecule has 0 amide bonds. The minimum absolute atomic E-state index is 0.206. The van der Waals surface area contributed by atoms with Crippen LogP contribution in [0, 0.1) is 5.41 Å². The van der Waals surface area contributed by atoms with E-state index in [0.29, 0.717) is 49.1 Å². The maximum absolute atomic E-state index is 11.9. The summed E-state index contributed by atoms with van der Waals surface area (Å²) in [5, 5.41) is 10.3. The monoisotopic (exact) mass is 355 g/mol. The van der Waals surface area contributed by atoms with Crippen molar-refractivity contribution in [2.45, 2.75) is 25.8 Å². The minimum Gasteiger partial charge on any atom is -0.481 e. The first kappa shape index (κ1) is 17.3. The van der Waals surface area contributed by atoms with Gasteiger partial charge in [0.15, 0.2) is 11.5 Å². The van der Waals surface area contributed by atoms with Crippen LogP contribution in [-0.4, -0.2) is 49.6 Å². The molecule has 7 heteroatoms. The third-order valence-electron chi connectivity index (χ3n) is 4.83. The second-order valence-corrected chi connectivity index (χ2v) is 6.85. The summed E-state index contributed by atoms with van der Waals surface area (Å²) in [6.07, 6.45) is 2.04. The average molecular weight is 356 g/mol. The number of carboxylic acid groups (broad SMARTS) is 1. The fourth-order valence-electron chi connectivity index (χ4n) is 3.47. The molecule has 3 rings (SSSR count). The van der Waals surface area contributed by atoms with Gasteiger partial charge in [-0.15, -0.1) is 0 Å². The van der Waals surface area contributed by atoms with Crippen LogP contribution >= 0.6 is 11.6 Å². The summed E-state index contributed by atoms with van der Waals surface area (Å²) in [5.74, 6) is 0.596. The number of hydrogen-bond acceptors (Lipinski definition) is 5. The Bertz CT molecular complexity index is 623. The summed E-state index contributed by atoms with van der Waals surface area (Å²) < 4.78 is 15.8. The van der Waals surface area contributed by atoms with Crippen molar-refractivity contribution in [3.8, 4) is 11.5 Å². The van der Waals surface area contributed by atoms with Crippen LogP contribution in [0.15, 0.2) is 12.1 Å². The Morgan fingerprint density at radius 3 is 2.88 bits per heavy atom. The fraction of sp³-hybridized carbons (Fsp3) is 0.588. The predicted molar refractivity (Wildman–Crippen MR) is 88.6 cm³/mol. The molecule has 6 nitrogen and oxygen atoms in total. The predicted octanol–water partition coefficient (Wildman–Crippen LogP) is 2.77. The topological polar surface area (TPSA) is 68.2 Å². The van der Waals surface area contributed by atoms with Gasteiger partial charge in [0.1, 0.15) is 0 Å². The number of fused-ring (bicyclic) bond motifs is 1. The lowest BCUT2D eigenvalue weighted by Crippen LogP contribution is -2.48. The molecule has 132 valence electrons. The number of likely N-dealkylation sites (tertiary alicyclic amines) is 1. The molecule has 1 fully saturated rings. The zero-order chi connectivity index (χ0) is 17.2. The van der Waals surface area contributed by atoms with E-state index in [0.717, 1.165) is 18.5 Å². The molecule has 2 aliphatic rings. The number of nitrogens with zero attached hydrogens (tertiary/aromatic N) is 1. The third-order valence-corrected chi connectivity index (χ3v) is 5.18. The number of benzene rings is 1. The number of piperidine rings is 1. The highest BCUT2D eigenvalue weighted by molar-refractivity contribution is 6.31. The lowest BCUT2D eigenvalue weighted by atomic mass is 9.77. The van der Waals surface area contributed by atoms with Crippen molar-refractivity contribution in [2.24, 2.45) is 5.41 Å². The van der Waals surface area contributed by atoms with Gasteiger partial charge in [-0.25, -0.2) is 0 Å². The summed E-state index contributed by atoms with van der Waals surface area (Å²) in [6, 6.07) is 3.65. The average Bonchev–Trinajstić information content (AvgIpc) is 3.00. The molecule has 24 heavy (non-hydrogen) atoms. The number of carbonyl (C=O) groups is 1. The summed E-state index contributed by atoms with van der Waals surface area (Å²) in [6.45, 7) is 2.60. The van der Waals surface area contributed by atoms with E-state index in [-0.39, 0.29) is 6.79 Å². The molecule has 0 unspecified atom stereocenters. The maximum Gasteiger partial charge on any atom is 0.311 e. The van der Waals surface area contributed by atoms with E-state index in [1.165, 1.54) is 0 Å². The number of carboxylic acids is 1. The first-order valence-electron chi connectivity index (χ1n) is 8.07. The van der Waals surface area contributed by atoms with Crippen LogP contribution in [0.25, 0.3) is 0 Å². The first-order valence-corrected chi connectivity index (χ1v) is 8.44. The summed E-state index contributed by atoms with van der Waals surface area (Å²) in [5.41, 5.74) is 0.172. The van der Waals surface area contributed by atoms with Crippen molar-refractivity contribution in [3.63, 3.8) is 0 Å². The standard InChI is InChI=1S/C17H22ClNO5/c1-22-6-4-17(16(20)21)3-2-5-19(10-17)9-12-7-14-15(8-13(12)18)24-11-23-14/h7-8H,2-6,9-11H2,1H3,(H,20,21)/t17-/m1/s1. The van der Waals surface area contributed by atoms with E-state index in [1.54, 1.807) is 13.2 Å². The molecular formula is C17H22ClNO5. The Labute approximate surface area is 146 Å². The van der Waals surface area contributed by atoms with E-state index < -0.39 is 11.4 Å². The fourth-order valence-corrected chi connectivity index (χ4v) is 3.68. The molecule has 0 radical (unpaired) electrons. The van der Waals surface area contributed by atoms with Crippen LogP contribution in [0.3, 0.4) is 0 Å². The molecule has 0 spiro atoms. The quantitative estimate of drug-likeness (QED) is 0.846. The Balaban J connectivity index is 1.74. The van der Waals surface area contributed by atoms with Crippen molar-refractivity contribution in [1.82, 2.24) is 4.90 Å². The maximum atomic E-state index is 11.9. The van der Waals surface area contributed by atoms with Crippen LogP contribution in [0.4, 0.5) is 0 Å². The number of hydrogen-bond donors (Lipinski definition) is 1. The van der Waals surface area contributed by atoms with Crippen molar-refractivity contribution in [3.05, 3.63) is 22.7 Å². The van der Waals surface area contributed by atoms with E-state index in [9.17, 15) is 9.90 Å². The molecule has 1 aromatic rings. The van der Waals surface area contributed by atoms with Gasteiger partial charge in [-0.1, -0.05) is 11.6 Å². The second-order valence-electron chi connectivity index (χ2n) is 6.44. The van der Waals surface area contributed by atoms with Gasteiger partial charge in [-0.05, 0) is 37.4 Å². The Morgan fingerprint density at radius 2 is 2.17 bits per heavy atom. The SMILES string of the molecule is COCC[C@]1(C(=O)O)CCCN(Cc2cc3c(cc2Cl)OCO3)C1. The Kier molecular flexibility index (Phi) is 5.18. The van der Waals surface area contributed by atoms with Gasteiger partial charge in [0, 0.05) is 37.9 Å². The highest BCUT2D eigenvalue weighted by atomic mass is 35.5. The molecule has 1 aromatic carbocycles. The van der Waals surface area contributed by atoms with E-state index in [4.69, 9.17) is 25.8 Å². The van der Waals surface area contributed by atoms with Crippen LogP contribution in [0.5, 0.6) is 11.5 Å². The first-order chi connectivity index (χ1) is 11.5. The highest BCUT2D eigenvalue weighted by Gasteiger charge is 2.42. The smallest absolute Gasteiger partial charge is 0.311 e. The number of rotatable bonds is 6. The van der Waals surface area contributed by atoms with Gasteiger partial charge < -0.3 is 19.3 Å². The highest BCUT2D eigenvalue weighted by Crippen LogP contribution is 2.39. The van der Waals surface area contributed by atoms with Crippen LogP contribution in [0.1, 0.15) is 24.8 Å². The molecule has 0 aliphatic carbocycles. The Hall–Kier alpha value is -1.50. The van der Waals surface area contributed by atoms with Crippen molar-refractivity contribution >= 4 is 17.6 Å². The third kappa shape index (κ3) is 3.45. The number of methoxy groups -OCH3 is 1. The van der Waals surface area contributed by atoms with E-state index >= 15 is 0 Å². The molecular weight excluding hydrogens is 334 g/mol. The number of aliphatic carboxylic acids is 1. The second kappa shape index (κ2) is 7.17. The summed E-state index contributed by atoms with van der Waals surface area (Å²) in [7, 11) is 1.60. The molecule has 2 aliphatic heterocycles. The molecule has 1 atom stereocenters. The van der Waals surface area contributed by atoms with Gasteiger partial charge in [-0.3, -0.25) is 9.69 Å². The molecule has 2 heterocycles. The summed E-state index contributed by atoms with van der Waals surface area (Å²) in [4.78, 5) is 14.0. The van der Waals surface area contributed by atoms with Gasteiger partial charge >= 0.3 is 5.97 Å². The summed E-state index contributed by atoms with van der Waals surface area (Å²) >= 11 is 6.35. The molecule has 0 aromatic heterocycles. The van der Waals surface area contributed by atoms with Crippen LogP contribution in [0.2, 0.25) is 5.02 Å². The van der Waals surface area contributed by atoms with Gasteiger partial charge in [-0.2, -0.15) is 0 Å². The molecule has 1 saturated heterocycles. The van der Waals surface area contributed by atoms with Gasteiger partial charge in [0.2, 0.25) is 6.79 Å². The van der Waals surface area contributed by atoms with E-state index in [2.05, 4.69) is 4.90 Å². The largest absolute Gasteiger partial charge is 0.481 e. The van der Waals surface area contributed by atoms with E-state index in [1.807, 2.05) is 6.07 Å². The molecule has 0 bridgehead atoms. The normalized spacial score (nSPS) is 23.4. The number of halogens is 1. The van der Waals surface area contributed by atoms with Crippen LogP contribution < -0.4 is 9.47 Å². The zero-order valence-corrected chi connectivity index (χ0v) is 14.5. The lowest BCUT2D eigenvalue weighted by molar-refractivity contribution is -0.154. The molecule has 0 saturated carbocycles. The Morgan fingerprint density at radius 1 is 1.42 bits per heavy atom. The van der Waals surface area contributed by atoms with Gasteiger partial charge in [0.05, 0.1) is 5.41 Å². The lowest BCUT2D eigenvalue weighted by Gasteiger charge is -2.40. The minimum atomic E-state index is -0.753. The number of ether oxygens (including phenoxy) is 3. The van der Waals surface area contributed by atoms with Gasteiger partial charge in [0.25, 0.3) is 0 Å². The van der Waals surface area contributed by atoms with Crippen molar-refractivity contribution in [1.29, 1.82) is 0 Å². The van der Waals surface area contributed by atoms with Crippen molar-refractivity contribution < 1.29 is 24.1 Å². The molecule has 1 N–H and O–H groups in total. The van der Waals surface area contributed by atoms with Crippen molar-refractivity contribution in [2.75, 3.05) is 33.6 Å².